The van der Waals surface area contributed by atoms with Crippen LogP contribution in [0.25, 0.3) is 0 Å². The number of unbranched alkanes of at least 4 members (excludes halogenated alkanes) is 5. The standard InChI is InChI=1S/C14H26O4.C13H24O4/c1-4-6-7-8-11-17-13(15)9-10-14(16)18-12(3)5-2;1-4-6-7-10-16-12(14)8-9-13(15)17-11(3)5-2/h12H,4-11H2,1-3H3;11H,4-10H2,1-3H3. The molecule has 0 aromatic rings. The summed E-state index contributed by atoms with van der Waals surface area (Å²) in [7, 11) is 0. The molecule has 0 saturated heterocycles. The molecule has 0 heterocycles. The van der Waals surface area contributed by atoms with Crippen LogP contribution in [-0.4, -0.2) is 49.3 Å². The van der Waals surface area contributed by atoms with Crippen molar-refractivity contribution in [1.82, 2.24) is 0 Å². The third-order valence-corrected chi connectivity index (χ3v) is 5.15. The lowest BCUT2D eigenvalue weighted by atomic mass is 10.2. The van der Waals surface area contributed by atoms with Crippen LogP contribution in [0.3, 0.4) is 0 Å². The summed E-state index contributed by atoms with van der Waals surface area (Å²) in [5, 5.41) is 0. The summed E-state index contributed by atoms with van der Waals surface area (Å²) in [6.07, 6.45) is 9.21. The lowest BCUT2D eigenvalue weighted by Crippen LogP contribution is -2.15. The summed E-state index contributed by atoms with van der Waals surface area (Å²) in [5.41, 5.74) is 0. The smallest absolute Gasteiger partial charge is 0.306 e. The van der Waals surface area contributed by atoms with Crippen molar-refractivity contribution in [2.45, 2.75) is 137 Å². The Bertz CT molecular complexity index is 561. The monoisotopic (exact) mass is 502 g/mol. The van der Waals surface area contributed by atoms with Gasteiger partial charge < -0.3 is 18.9 Å². The number of rotatable bonds is 19. The summed E-state index contributed by atoms with van der Waals surface area (Å²) in [6.45, 7) is 12.7. The van der Waals surface area contributed by atoms with Crippen LogP contribution in [0.1, 0.15) is 125 Å². The van der Waals surface area contributed by atoms with Gasteiger partial charge in [0.1, 0.15) is 0 Å². The van der Waals surface area contributed by atoms with Crippen molar-refractivity contribution in [2.75, 3.05) is 13.2 Å². The molecule has 0 aromatic heterocycles. The molecular weight excluding hydrogens is 452 g/mol. The topological polar surface area (TPSA) is 105 Å². The van der Waals surface area contributed by atoms with E-state index in [1.54, 1.807) is 0 Å². The van der Waals surface area contributed by atoms with Gasteiger partial charge in [0.2, 0.25) is 0 Å². The van der Waals surface area contributed by atoms with E-state index >= 15 is 0 Å². The van der Waals surface area contributed by atoms with E-state index in [4.69, 9.17) is 18.9 Å². The molecule has 0 bridgehead atoms. The second-order valence-corrected chi connectivity index (χ2v) is 8.63. The molecule has 8 nitrogen and oxygen atoms in total. The van der Waals surface area contributed by atoms with Crippen molar-refractivity contribution < 1.29 is 38.1 Å². The van der Waals surface area contributed by atoms with Gasteiger partial charge >= 0.3 is 23.9 Å². The van der Waals surface area contributed by atoms with Gasteiger partial charge in [-0.1, -0.05) is 59.8 Å². The molecule has 0 saturated carbocycles. The van der Waals surface area contributed by atoms with Crippen molar-refractivity contribution in [3.63, 3.8) is 0 Å². The molecule has 0 N–H and O–H groups in total. The molecule has 0 rings (SSSR count). The molecule has 0 radical (unpaired) electrons. The molecule has 0 aliphatic rings. The van der Waals surface area contributed by atoms with Gasteiger partial charge in [-0.3, -0.25) is 19.2 Å². The Hall–Kier alpha value is -2.12. The summed E-state index contributed by atoms with van der Waals surface area (Å²) < 4.78 is 20.1. The lowest BCUT2D eigenvalue weighted by Gasteiger charge is -2.10. The molecule has 0 aliphatic heterocycles. The largest absolute Gasteiger partial charge is 0.466 e. The van der Waals surface area contributed by atoms with E-state index in [-0.39, 0.29) is 61.8 Å². The zero-order valence-electron chi connectivity index (χ0n) is 23.0. The Kier molecular flexibility index (Phi) is 25.0. The first-order valence-electron chi connectivity index (χ1n) is 13.4. The third-order valence-electron chi connectivity index (χ3n) is 5.15. The number of ether oxygens (including phenoxy) is 4. The molecule has 8 heteroatoms. The Morgan fingerprint density at radius 3 is 1.23 bits per heavy atom. The minimum Gasteiger partial charge on any atom is -0.466 e. The van der Waals surface area contributed by atoms with Crippen LogP contribution in [0.15, 0.2) is 0 Å². The normalized spacial score (nSPS) is 11.9. The van der Waals surface area contributed by atoms with Crippen LogP contribution in [-0.2, 0) is 38.1 Å². The molecule has 0 fully saturated rings. The quantitative estimate of drug-likeness (QED) is 0.119. The van der Waals surface area contributed by atoms with Gasteiger partial charge in [-0.2, -0.15) is 0 Å². The van der Waals surface area contributed by atoms with Crippen molar-refractivity contribution >= 4 is 23.9 Å². The van der Waals surface area contributed by atoms with Crippen molar-refractivity contribution in [3.05, 3.63) is 0 Å². The van der Waals surface area contributed by atoms with Gasteiger partial charge in [0, 0.05) is 0 Å². The molecule has 35 heavy (non-hydrogen) atoms. The number of hydrogen-bond acceptors (Lipinski definition) is 8. The van der Waals surface area contributed by atoms with E-state index in [2.05, 4.69) is 13.8 Å². The minimum absolute atomic E-state index is 0.0805. The predicted octanol–water partition coefficient (Wildman–Crippen LogP) is 6.07. The first-order chi connectivity index (χ1) is 16.7. The van der Waals surface area contributed by atoms with Gasteiger partial charge in [-0.15, -0.1) is 0 Å². The van der Waals surface area contributed by atoms with Crippen LogP contribution in [0.2, 0.25) is 0 Å². The first kappa shape index (κ1) is 35.0. The van der Waals surface area contributed by atoms with Gasteiger partial charge in [0.15, 0.2) is 0 Å². The Morgan fingerprint density at radius 1 is 0.514 bits per heavy atom. The van der Waals surface area contributed by atoms with Crippen LogP contribution in [0.5, 0.6) is 0 Å². The van der Waals surface area contributed by atoms with Crippen LogP contribution >= 0.6 is 0 Å². The SMILES string of the molecule is CCCCCCOC(=O)CCC(=O)OC(C)CC.CCCCCOC(=O)CCC(=O)OC(C)CC. The average Bonchev–Trinajstić information content (AvgIpc) is 2.84. The average molecular weight is 503 g/mol. The zero-order chi connectivity index (χ0) is 26.9. The number of carbonyl (C=O) groups excluding carboxylic acids is 4. The van der Waals surface area contributed by atoms with Gasteiger partial charge in [0.25, 0.3) is 0 Å². The molecule has 2 unspecified atom stereocenters. The molecule has 0 spiro atoms. The van der Waals surface area contributed by atoms with Crippen molar-refractivity contribution in [2.24, 2.45) is 0 Å². The molecular formula is C27H50O8. The van der Waals surface area contributed by atoms with E-state index in [9.17, 15) is 19.2 Å². The lowest BCUT2D eigenvalue weighted by molar-refractivity contribution is -0.153. The first-order valence-corrected chi connectivity index (χ1v) is 13.4. The fraction of sp³-hybridized carbons (Fsp3) is 0.852. The highest BCUT2D eigenvalue weighted by molar-refractivity contribution is 5.78. The maximum atomic E-state index is 11.3. The fourth-order valence-electron chi connectivity index (χ4n) is 2.54. The minimum atomic E-state index is -0.329. The second-order valence-electron chi connectivity index (χ2n) is 8.63. The highest BCUT2D eigenvalue weighted by Crippen LogP contribution is 2.04. The van der Waals surface area contributed by atoms with Crippen LogP contribution < -0.4 is 0 Å². The zero-order valence-corrected chi connectivity index (χ0v) is 23.0. The van der Waals surface area contributed by atoms with Crippen molar-refractivity contribution in [1.29, 1.82) is 0 Å². The second kappa shape index (κ2) is 25.0. The van der Waals surface area contributed by atoms with E-state index in [1.165, 1.54) is 6.42 Å². The Morgan fingerprint density at radius 2 is 0.857 bits per heavy atom. The molecule has 2 atom stereocenters. The van der Waals surface area contributed by atoms with Gasteiger partial charge in [0.05, 0.1) is 51.1 Å². The number of carbonyl (C=O) groups is 4. The summed E-state index contributed by atoms with van der Waals surface area (Å²) in [4.78, 5) is 45.1. The summed E-state index contributed by atoms with van der Waals surface area (Å²) >= 11 is 0. The van der Waals surface area contributed by atoms with Crippen LogP contribution in [0.4, 0.5) is 0 Å². The van der Waals surface area contributed by atoms with E-state index in [0.29, 0.717) is 13.2 Å². The molecule has 0 amide bonds. The Labute approximate surface area is 212 Å². The highest BCUT2D eigenvalue weighted by Gasteiger charge is 2.12. The van der Waals surface area contributed by atoms with Crippen molar-refractivity contribution in [3.8, 4) is 0 Å². The Balaban J connectivity index is 0. The number of esters is 4. The van der Waals surface area contributed by atoms with Crippen LogP contribution in [0, 0.1) is 0 Å². The third kappa shape index (κ3) is 26.3. The summed E-state index contributed by atoms with van der Waals surface area (Å²) in [6, 6.07) is 0. The molecule has 206 valence electrons. The fourth-order valence-corrected chi connectivity index (χ4v) is 2.54. The molecule has 0 aromatic carbocycles. The number of hydrogen-bond donors (Lipinski definition) is 0. The van der Waals surface area contributed by atoms with Gasteiger partial charge in [-0.25, -0.2) is 0 Å². The van der Waals surface area contributed by atoms with Gasteiger partial charge in [-0.05, 0) is 39.5 Å². The predicted molar refractivity (Wildman–Crippen MR) is 136 cm³/mol. The molecule has 0 aliphatic carbocycles. The highest BCUT2D eigenvalue weighted by atomic mass is 16.6. The van der Waals surface area contributed by atoms with E-state index in [0.717, 1.165) is 51.4 Å². The van der Waals surface area contributed by atoms with E-state index in [1.807, 2.05) is 27.7 Å². The summed E-state index contributed by atoms with van der Waals surface area (Å²) in [5.74, 6) is -1.29. The maximum Gasteiger partial charge on any atom is 0.306 e. The maximum absolute atomic E-state index is 11.3. The van der Waals surface area contributed by atoms with E-state index < -0.39 is 0 Å².